The molecular formula is C13H21NO2S2. The number of hydrogen-bond acceptors (Lipinski definition) is 4. The maximum Gasteiger partial charge on any atom is 0.192 e. The van der Waals surface area contributed by atoms with Crippen LogP contribution in [0.15, 0.2) is 21.7 Å². The quantitative estimate of drug-likeness (QED) is 0.929. The van der Waals surface area contributed by atoms with Gasteiger partial charge in [-0.2, -0.15) is 0 Å². The maximum atomic E-state index is 12.7. The van der Waals surface area contributed by atoms with E-state index in [4.69, 9.17) is 0 Å². The SMILES string of the molecule is CNC1C(S(=O)(=O)c2cccs2)CCCC1(C)C. The van der Waals surface area contributed by atoms with Crippen molar-refractivity contribution < 1.29 is 8.42 Å². The van der Waals surface area contributed by atoms with Gasteiger partial charge in [-0.05, 0) is 36.8 Å². The van der Waals surface area contributed by atoms with Gasteiger partial charge >= 0.3 is 0 Å². The molecule has 1 saturated carbocycles. The molecule has 2 unspecified atom stereocenters. The van der Waals surface area contributed by atoms with Gasteiger partial charge in [0.05, 0.1) is 5.25 Å². The Labute approximate surface area is 114 Å². The van der Waals surface area contributed by atoms with Gasteiger partial charge in [0.2, 0.25) is 0 Å². The maximum absolute atomic E-state index is 12.7. The molecule has 1 N–H and O–H groups in total. The van der Waals surface area contributed by atoms with E-state index in [9.17, 15) is 8.42 Å². The first-order valence-electron chi connectivity index (χ1n) is 6.34. The van der Waals surface area contributed by atoms with Crippen LogP contribution in [-0.2, 0) is 9.84 Å². The lowest BCUT2D eigenvalue weighted by atomic mass is 9.73. The van der Waals surface area contributed by atoms with Gasteiger partial charge in [-0.3, -0.25) is 0 Å². The van der Waals surface area contributed by atoms with E-state index in [0.717, 1.165) is 19.3 Å². The van der Waals surface area contributed by atoms with E-state index in [1.165, 1.54) is 11.3 Å². The predicted octanol–water partition coefficient (Wildman–Crippen LogP) is 2.69. The summed E-state index contributed by atoms with van der Waals surface area (Å²) in [6, 6.07) is 3.55. The fraction of sp³-hybridized carbons (Fsp3) is 0.692. The van der Waals surface area contributed by atoms with Crippen molar-refractivity contribution in [3.05, 3.63) is 17.5 Å². The monoisotopic (exact) mass is 287 g/mol. The molecule has 102 valence electrons. The first kappa shape index (κ1) is 14.0. The second-order valence-electron chi connectivity index (χ2n) is 5.66. The lowest BCUT2D eigenvalue weighted by Gasteiger charge is -2.43. The van der Waals surface area contributed by atoms with Crippen molar-refractivity contribution in [2.24, 2.45) is 5.41 Å². The Kier molecular flexibility index (Phi) is 3.85. The van der Waals surface area contributed by atoms with E-state index < -0.39 is 9.84 Å². The molecule has 0 bridgehead atoms. The number of thiophene rings is 1. The highest BCUT2D eigenvalue weighted by Gasteiger charge is 2.44. The van der Waals surface area contributed by atoms with Crippen LogP contribution in [0, 0.1) is 5.41 Å². The van der Waals surface area contributed by atoms with Gasteiger partial charge in [0.15, 0.2) is 9.84 Å². The summed E-state index contributed by atoms with van der Waals surface area (Å²) < 4.78 is 25.9. The summed E-state index contributed by atoms with van der Waals surface area (Å²) in [6.45, 7) is 4.31. The Hall–Kier alpha value is -0.390. The number of hydrogen-bond donors (Lipinski definition) is 1. The molecular weight excluding hydrogens is 266 g/mol. The topological polar surface area (TPSA) is 46.2 Å². The van der Waals surface area contributed by atoms with Crippen LogP contribution in [0.5, 0.6) is 0 Å². The third-order valence-corrected chi connectivity index (χ3v) is 7.66. The Morgan fingerprint density at radius 3 is 2.72 bits per heavy atom. The second kappa shape index (κ2) is 4.94. The van der Waals surface area contributed by atoms with Crippen molar-refractivity contribution in [2.75, 3.05) is 7.05 Å². The fourth-order valence-electron chi connectivity index (χ4n) is 3.07. The molecule has 1 fully saturated rings. The number of sulfone groups is 1. The molecule has 3 nitrogen and oxygen atoms in total. The van der Waals surface area contributed by atoms with E-state index in [2.05, 4.69) is 19.2 Å². The molecule has 0 aromatic carbocycles. The van der Waals surface area contributed by atoms with E-state index in [0.29, 0.717) is 4.21 Å². The van der Waals surface area contributed by atoms with Gasteiger partial charge in [-0.15, -0.1) is 11.3 Å². The first-order valence-corrected chi connectivity index (χ1v) is 8.77. The summed E-state index contributed by atoms with van der Waals surface area (Å²) in [5.74, 6) is 0. The Morgan fingerprint density at radius 1 is 1.44 bits per heavy atom. The molecule has 0 radical (unpaired) electrons. The van der Waals surface area contributed by atoms with Crippen molar-refractivity contribution in [2.45, 2.75) is 48.6 Å². The van der Waals surface area contributed by atoms with Crippen molar-refractivity contribution in [3.8, 4) is 0 Å². The third kappa shape index (κ3) is 2.36. The van der Waals surface area contributed by atoms with Crippen LogP contribution in [-0.4, -0.2) is 26.8 Å². The summed E-state index contributed by atoms with van der Waals surface area (Å²) in [7, 11) is -1.33. The summed E-state index contributed by atoms with van der Waals surface area (Å²) in [5.41, 5.74) is 0.0298. The van der Waals surface area contributed by atoms with Gasteiger partial charge in [-0.25, -0.2) is 8.42 Å². The van der Waals surface area contributed by atoms with Crippen LogP contribution in [0.2, 0.25) is 0 Å². The molecule has 5 heteroatoms. The Morgan fingerprint density at radius 2 is 2.17 bits per heavy atom. The molecule has 1 aromatic heterocycles. The Balaban J connectivity index is 2.37. The largest absolute Gasteiger partial charge is 0.315 e. The molecule has 0 spiro atoms. The summed E-state index contributed by atoms with van der Waals surface area (Å²) in [6.07, 6.45) is 2.82. The minimum absolute atomic E-state index is 0.0262. The van der Waals surface area contributed by atoms with Crippen molar-refractivity contribution in [3.63, 3.8) is 0 Å². The van der Waals surface area contributed by atoms with Crippen LogP contribution < -0.4 is 5.32 Å². The number of nitrogens with one attached hydrogen (secondary N) is 1. The average molecular weight is 287 g/mol. The second-order valence-corrected chi connectivity index (χ2v) is 9.00. The third-order valence-electron chi connectivity index (χ3n) is 4.01. The highest BCUT2D eigenvalue weighted by Crippen LogP contribution is 2.40. The van der Waals surface area contributed by atoms with Crippen LogP contribution in [0.4, 0.5) is 0 Å². The zero-order valence-electron chi connectivity index (χ0n) is 11.1. The zero-order valence-corrected chi connectivity index (χ0v) is 12.8. The van der Waals surface area contributed by atoms with Gasteiger partial charge in [0, 0.05) is 6.04 Å². The first-order chi connectivity index (χ1) is 8.39. The number of rotatable bonds is 3. The fourth-order valence-corrected chi connectivity index (χ4v) is 6.50. The van der Waals surface area contributed by atoms with Crippen molar-refractivity contribution >= 4 is 21.2 Å². The summed E-state index contributed by atoms with van der Waals surface area (Å²) >= 11 is 1.32. The molecule has 0 saturated heterocycles. The average Bonchev–Trinajstić information content (AvgIpc) is 2.81. The Bertz CT molecular complexity index is 491. The van der Waals surface area contributed by atoms with Gasteiger partial charge in [0.25, 0.3) is 0 Å². The molecule has 2 rings (SSSR count). The molecule has 1 aliphatic carbocycles. The molecule has 0 aliphatic heterocycles. The standard InChI is InChI=1S/C13H21NO2S2/c1-13(2)8-4-6-10(12(13)14-3)18(15,16)11-7-5-9-17-11/h5,7,9-10,12,14H,4,6,8H2,1-3H3. The van der Waals surface area contributed by atoms with E-state index in [1.807, 2.05) is 12.4 Å². The van der Waals surface area contributed by atoms with Gasteiger partial charge in [-0.1, -0.05) is 26.3 Å². The van der Waals surface area contributed by atoms with Crippen molar-refractivity contribution in [1.29, 1.82) is 0 Å². The van der Waals surface area contributed by atoms with Crippen LogP contribution >= 0.6 is 11.3 Å². The predicted molar refractivity (Wildman–Crippen MR) is 75.8 cm³/mol. The van der Waals surface area contributed by atoms with Gasteiger partial charge < -0.3 is 5.32 Å². The van der Waals surface area contributed by atoms with E-state index in [-0.39, 0.29) is 16.7 Å². The van der Waals surface area contributed by atoms with Crippen LogP contribution in [0.3, 0.4) is 0 Å². The van der Waals surface area contributed by atoms with E-state index in [1.54, 1.807) is 12.1 Å². The van der Waals surface area contributed by atoms with Crippen LogP contribution in [0.25, 0.3) is 0 Å². The lowest BCUT2D eigenvalue weighted by molar-refractivity contribution is 0.178. The normalized spacial score (nSPS) is 28.2. The van der Waals surface area contributed by atoms with E-state index >= 15 is 0 Å². The van der Waals surface area contributed by atoms with Crippen LogP contribution in [0.1, 0.15) is 33.1 Å². The molecule has 1 heterocycles. The lowest BCUT2D eigenvalue weighted by Crippen LogP contribution is -2.54. The zero-order chi connectivity index (χ0) is 13.4. The molecule has 1 aliphatic rings. The smallest absolute Gasteiger partial charge is 0.192 e. The highest BCUT2D eigenvalue weighted by molar-refractivity contribution is 7.94. The van der Waals surface area contributed by atoms with Gasteiger partial charge in [0.1, 0.15) is 4.21 Å². The summed E-state index contributed by atoms with van der Waals surface area (Å²) in [5, 5.41) is 4.77. The molecule has 18 heavy (non-hydrogen) atoms. The minimum Gasteiger partial charge on any atom is -0.315 e. The highest BCUT2D eigenvalue weighted by atomic mass is 32.2. The molecule has 1 aromatic rings. The minimum atomic E-state index is -3.19. The van der Waals surface area contributed by atoms with Crippen molar-refractivity contribution in [1.82, 2.24) is 5.32 Å². The molecule has 2 atom stereocenters. The molecule has 0 amide bonds. The summed E-state index contributed by atoms with van der Waals surface area (Å²) in [4.78, 5) is 0.